The van der Waals surface area contributed by atoms with E-state index < -0.39 is 0 Å². The van der Waals surface area contributed by atoms with Crippen molar-refractivity contribution in [3.8, 4) is 19.5 Å². The largest absolute Gasteiger partial charge is 0.363 e. The van der Waals surface area contributed by atoms with E-state index in [0.29, 0.717) is 0 Å². The molecule has 0 bridgehead atoms. The first-order valence-electron chi connectivity index (χ1n) is 7.90. The van der Waals surface area contributed by atoms with Crippen LogP contribution >= 0.6 is 34.0 Å². The average Bonchev–Trinajstić information content (AvgIpc) is 3.33. The number of rotatable bonds is 4. The number of anilines is 1. The highest BCUT2D eigenvalue weighted by Crippen LogP contribution is 2.42. The molecule has 0 radical (unpaired) electrons. The lowest BCUT2D eigenvalue weighted by molar-refractivity contribution is -0.380. The predicted molar refractivity (Wildman–Crippen MR) is 104 cm³/mol. The molecule has 0 N–H and O–H groups in total. The van der Waals surface area contributed by atoms with Gasteiger partial charge in [-0.3, -0.25) is 10.1 Å². The summed E-state index contributed by atoms with van der Waals surface area (Å²) < 4.78 is 0. The second kappa shape index (κ2) is 6.66. The van der Waals surface area contributed by atoms with Gasteiger partial charge < -0.3 is 4.90 Å². The number of nitro groups is 1. The van der Waals surface area contributed by atoms with Gasteiger partial charge >= 0.3 is 5.00 Å². The van der Waals surface area contributed by atoms with E-state index in [9.17, 15) is 10.1 Å². The van der Waals surface area contributed by atoms with Gasteiger partial charge in [-0.25, -0.2) is 0 Å². The summed E-state index contributed by atoms with van der Waals surface area (Å²) in [4.78, 5) is 17.6. The molecular weight excluding hydrogens is 360 g/mol. The molecule has 3 aromatic rings. The lowest BCUT2D eigenvalue weighted by Crippen LogP contribution is -2.28. The minimum atomic E-state index is -0.327. The van der Waals surface area contributed by atoms with E-state index in [-0.39, 0.29) is 9.92 Å². The molecule has 4 rings (SSSR count). The third-order valence-electron chi connectivity index (χ3n) is 4.12. The normalized spacial score (nSPS) is 14.9. The SMILES string of the molecule is O=[N+]([O-])c1ccc(-c2ccc(-c3ccc(N4CCCCC4)s3)s2)s1. The molecule has 1 aliphatic heterocycles. The fraction of sp³-hybridized carbons (Fsp3) is 0.294. The molecule has 0 spiro atoms. The Morgan fingerprint density at radius 1 is 0.792 bits per heavy atom. The van der Waals surface area contributed by atoms with Gasteiger partial charge in [0.15, 0.2) is 0 Å². The Labute approximate surface area is 152 Å². The van der Waals surface area contributed by atoms with Crippen molar-refractivity contribution in [3.05, 3.63) is 46.5 Å². The minimum absolute atomic E-state index is 0.198. The summed E-state index contributed by atoms with van der Waals surface area (Å²) in [7, 11) is 0. The Hall–Kier alpha value is -1.70. The molecule has 0 amide bonds. The Kier molecular flexibility index (Phi) is 4.39. The number of nitrogens with zero attached hydrogens (tertiary/aromatic N) is 2. The fourth-order valence-electron chi connectivity index (χ4n) is 2.91. The third kappa shape index (κ3) is 3.11. The van der Waals surface area contributed by atoms with Gasteiger partial charge in [0.1, 0.15) is 0 Å². The first-order chi connectivity index (χ1) is 11.7. The van der Waals surface area contributed by atoms with E-state index in [0.717, 1.165) is 22.8 Å². The number of thiophene rings is 3. The maximum absolute atomic E-state index is 10.8. The van der Waals surface area contributed by atoms with E-state index >= 15 is 0 Å². The van der Waals surface area contributed by atoms with Crippen molar-refractivity contribution in [2.75, 3.05) is 18.0 Å². The first kappa shape index (κ1) is 15.8. The van der Waals surface area contributed by atoms with Crippen molar-refractivity contribution >= 4 is 44.0 Å². The number of hydrogen-bond donors (Lipinski definition) is 0. The highest BCUT2D eigenvalue weighted by Gasteiger charge is 2.16. The Morgan fingerprint density at radius 2 is 1.38 bits per heavy atom. The molecule has 124 valence electrons. The van der Waals surface area contributed by atoms with Gasteiger partial charge in [0, 0.05) is 33.8 Å². The zero-order valence-electron chi connectivity index (χ0n) is 12.9. The summed E-state index contributed by atoms with van der Waals surface area (Å²) in [5.74, 6) is 0. The molecule has 0 unspecified atom stereocenters. The second-order valence-corrected chi connectivity index (χ2v) is 8.95. The van der Waals surface area contributed by atoms with Crippen molar-refractivity contribution in [2.45, 2.75) is 19.3 Å². The Balaban J connectivity index is 1.56. The van der Waals surface area contributed by atoms with E-state index in [2.05, 4.69) is 29.2 Å². The minimum Gasteiger partial charge on any atom is -0.363 e. The highest BCUT2D eigenvalue weighted by atomic mass is 32.1. The maximum Gasteiger partial charge on any atom is 0.324 e. The van der Waals surface area contributed by atoms with Crippen LogP contribution in [0.3, 0.4) is 0 Å². The standard InChI is InChI=1S/C17H16N2O2S3/c20-19(21)17-9-7-15(24-17)13-5-4-12(22-13)14-6-8-16(23-14)18-10-2-1-3-11-18/h4-9H,1-3,10-11H2. The van der Waals surface area contributed by atoms with Gasteiger partial charge in [-0.05, 0) is 49.6 Å². The van der Waals surface area contributed by atoms with Crippen molar-refractivity contribution in [3.63, 3.8) is 0 Å². The monoisotopic (exact) mass is 376 g/mol. The van der Waals surface area contributed by atoms with Gasteiger partial charge in [-0.2, -0.15) is 0 Å². The lowest BCUT2D eigenvalue weighted by atomic mass is 10.1. The molecule has 4 heterocycles. The van der Waals surface area contributed by atoms with E-state index in [4.69, 9.17) is 0 Å². The summed E-state index contributed by atoms with van der Waals surface area (Å²) >= 11 is 4.78. The predicted octanol–water partition coefficient (Wildman–Crippen LogP) is 6.10. The van der Waals surface area contributed by atoms with Crippen molar-refractivity contribution in [1.29, 1.82) is 0 Å². The van der Waals surface area contributed by atoms with Crippen LogP contribution in [0.25, 0.3) is 19.5 Å². The highest BCUT2D eigenvalue weighted by molar-refractivity contribution is 7.28. The summed E-state index contributed by atoms with van der Waals surface area (Å²) in [5.41, 5.74) is 0. The smallest absolute Gasteiger partial charge is 0.324 e. The summed E-state index contributed by atoms with van der Waals surface area (Å²) in [6, 6.07) is 12.0. The molecule has 0 atom stereocenters. The van der Waals surface area contributed by atoms with Gasteiger partial charge in [0.25, 0.3) is 0 Å². The zero-order valence-corrected chi connectivity index (χ0v) is 15.4. The Morgan fingerprint density at radius 3 is 2.04 bits per heavy atom. The van der Waals surface area contributed by atoms with Crippen LogP contribution in [0.1, 0.15) is 19.3 Å². The maximum atomic E-state index is 10.8. The number of hydrogen-bond acceptors (Lipinski definition) is 6. The molecule has 0 saturated carbocycles. The molecule has 0 aromatic carbocycles. The van der Waals surface area contributed by atoms with E-state index in [1.807, 2.05) is 17.4 Å². The lowest BCUT2D eigenvalue weighted by Gasteiger charge is -2.27. The Bertz CT molecular complexity index is 859. The van der Waals surface area contributed by atoms with Crippen LogP contribution in [0.5, 0.6) is 0 Å². The molecule has 24 heavy (non-hydrogen) atoms. The molecule has 1 saturated heterocycles. The van der Waals surface area contributed by atoms with Gasteiger partial charge in [0.2, 0.25) is 0 Å². The van der Waals surface area contributed by atoms with Crippen LogP contribution in [0, 0.1) is 10.1 Å². The zero-order chi connectivity index (χ0) is 16.5. The van der Waals surface area contributed by atoms with Crippen LogP contribution in [0.4, 0.5) is 10.0 Å². The quantitative estimate of drug-likeness (QED) is 0.408. The summed E-state index contributed by atoms with van der Waals surface area (Å²) in [6.07, 6.45) is 3.91. The van der Waals surface area contributed by atoms with Crippen LogP contribution in [0.15, 0.2) is 36.4 Å². The number of piperidine rings is 1. The van der Waals surface area contributed by atoms with Crippen molar-refractivity contribution < 1.29 is 4.92 Å². The van der Waals surface area contributed by atoms with Gasteiger partial charge in [-0.15, -0.1) is 22.7 Å². The molecule has 7 heteroatoms. The molecular formula is C17H16N2O2S3. The van der Waals surface area contributed by atoms with Crippen LogP contribution in [-0.2, 0) is 0 Å². The summed E-state index contributed by atoms with van der Waals surface area (Å²) in [6.45, 7) is 2.32. The van der Waals surface area contributed by atoms with Gasteiger partial charge in [0.05, 0.1) is 14.8 Å². The average molecular weight is 377 g/mol. The third-order valence-corrected chi connectivity index (χ3v) is 7.78. The van der Waals surface area contributed by atoms with Crippen LogP contribution in [0.2, 0.25) is 0 Å². The molecule has 4 nitrogen and oxygen atoms in total. The second-order valence-electron chi connectivity index (χ2n) is 5.74. The molecule has 0 aliphatic carbocycles. The van der Waals surface area contributed by atoms with Crippen LogP contribution < -0.4 is 4.90 Å². The van der Waals surface area contributed by atoms with Crippen molar-refractivity contribution in [2.24, 2.45) is 0 Å². The molecule has 1 aliphatic rings. The molecule has 1 fully saturated rings. The molecule has 3 aromatic heterocycles. The van der Waals surface area contributed by atoms with E-state index in [1.165, 1.54) is 45.4 Å². The summed E-state index contributed by atoms with van der Waals surface area (Å²) in [5, 5.41) is 12.4. The topological polar surface area (TPSA) is 46.4 Å². The van der Waals surface area contributed by atoms with Crippen LogP contribution in [-0.4, -0.2) is 18.0 Å². The van der Waals surface area contributed by atoms with Crippen molar-refractivity contribution in [1.82, 2.24) is 0 Å². The first-order valence-corrected chi connectivity index (χ1v) is 10.4. The van der Waals surface area contributed by atoms with Gasteiger partial charge in [-0.1, -0.05) is 11.3 Å². The fourth-order valence-corrected chi connectivity index (χ4v) is 5.97. The van der Waals surface area contributed by atoms with E-state index in [1.54, 1.807) is 17.4 Å².